The molecule has 0 saturated carbocycles. The van der Waals surface area contributed by atoms with Crippen LogP contribution in [0.2, 0.25) is 0 Å². The molecule has 1 aliphatic rings. The minimum Gasteiger partial charge on any atom is -0.423 e. The van der Waals surface area contributed by atoms with Gasteiger partial charge in [-0.05, 0) is 12.1 Å². The van der Waals surface area contributed by atoms with Crippen molar-refractivity contribution in [2.75, 3.05) is 31.1 Å². The maximum Gasteiger partial charge on any atom is 0.298 e. The van der Waals surface area contributed by atoms with Gasteiger partial charge >= 0.3 is 0 Å². The Morgan fingerprint density at radius 3 is 2.58 bits per heavy atom. The molecule has 0 radical (unpaired) electrons. The fourth-order valence-corrected chi connectivity index (χ4v) is 4.17. The second-order valence-corrected chi connectivity index (χ2v) is 7.57. The van der Waals surface area contributed by atoms with Crippen molar-refractivity contribution in [1.82, 2.24) is 14.4 Å². The van der Waals surface area contributed by atoms with Crippen LogP contribution in [0.4, 0.5) is 6.01 Å². The predicted octanol–water partition coefficient (Wildman–Crippen LogP) is 1.47. The zero-order valence-electron chi connectivity index (χ0n) is 12.8. The number of piperazine rings is 1. The lowest BCUT2D eigenvalue weighted by atomic mass is 10.3. The lowest BCUT2D eigenvalue weighted by Crippen LogP contribution is -2.49. The van der Waals surface area contributed by atoms with Crippen molar-refractivity contribution in [1.29, 1.82) is 0 Å². The van der Waals surface area contributed by atoms with Gasteiger partial charge in [0.2, 0.25) is 10.0 Å². The SMILES string of the molecule is O=S(=O)(Cc1ccon1)N1CCN(c2nc3ccccc3o2)CC1. The zero-order chi connectivity index (χ0) is 16.6. The summed E-state index contributed by atoms with van der Waals surface area (Å²) >= 11 is 0. The van der Waals surface area contributed by atoms with Gasteiger partial charge in [0.25, 0.3) is 6.01 Å². The van der Waals surface area contributed by atoms with Crippen LogP contribution in [0.25, 0.3) is 11.1 Å². The van der Waals surface area contributed by atoms with E-state index in [1.165, 1.54) is 10.6 Å². The highest BCUT2D eigenvalue weighted by Gasteiger charge is 2.29. The van der Waals surface area contributed by atoms with Crippen LogP contribution in [0.3, 0.4) is 0 Å². The van der Waals surface area contributed by atoms with Gasteiger partial charge in [0, 0.05) is 32.2 Å². The minimum atomic E-state index is -3.40. The van der Waals surface area contributed by atoms with Crippen LogP contribution in [0.5, 0.6) is 0 Å². The van der Waals surface area contributed by atoms with E-state index in [2.05, 4.69) is 14.7 Å². The first-order chi connectivity index (χ1) is 11.6. The van der Waals surface area contributed by atoms with E-state index in [4.69, 9.17) is 4.42 Å². The van der Waals surface area contributed by atoms with Crippen LogP contribution < -0.4 is 4.90 Å². The summed E-state index contributed by atoms with van der Waals surface area (Å²) in [4.78, 5) is 6.41. The van der Waals surface area contributed by atoms with E-state index in [9.17, 15) is 8.42 Å². The molecule has 0 amide bonds. The van der Waals surface area contributed by atoms with Crippen molar-refractivity contribution < 1.29 is 17.4 Å². The van der Waals surface area contributed by atoms with Crippen molar-refractivity contribution in [3.63, 3.8) is 0 Å². The highest BCUT2D eigenvalue weighted by atomic mass is 32.2. The zero-order valence-corrected chi connectivity index (χ0v) is 13.6. The molecule has 3 heterocycles. The van der Waals surface area contributed by atoms with Crippen LogP contribution in [0, 0.1) is 0 Å². The molecule has 0 N–H and O–H groups in total. The molecule has 3 aromatic rings. The average Bonchev–Trinajstić information content (AvgIpc) is 3.23. The number of aromatic nitrogens is 2. The number of para-hydroxylation sites is 2. The van der Waals surface area contributed by atoms with Gasteiger partial charge < -0.3 is 13.8 Å². The molecule has 1 aromatic carbocycles. The Labute approximate surface area is 138 Å². The minimum absolute atomic E-state index is 0.146. The number of hydrogen-bond donors (Lipinski definition) is 0. The van der Waals surface area contributed by atoms with Crippen molar-refractivity contribution in [2.24, 2.45) is 0 Å². The Kier molecular flexibility index (Phi) is 3.73. The van der Waals surface area contributed by atoms with Crippen molar-refractivity contribution >= 4 is 27.1 Å². The average molecular weight is 348 g/mol. The molecule has 4 rings (SSSR count). The van der Waals surface area contributed by atoms with Gasteiger partial charge in [-0.15, -0.1) is 0 Å². The van der Waals surface area contributed by atoms with E-state index in [0.29, 0.717) is 37.9 Å². The molecule has 126 valence electrons. The molecule has 2 aromatic heterocycles. The fraction of sp³-hybridized carbons (Fsp3) is 0.333. The van der Waals surface area contributed by atoms with E-state index < -0.39 is 10.0 Å². The number of hydrogen-bond acceptors (Lipinski definition) is 7. The lowest BCUT2D eigenvalue weighted by molar-refractivity contribution is 0.371. The summed E-state index contributed by atoms with van der Waals surface area (Å²) in [6.07, 6.45) is 1.37. The molecule has 0 aliphatic carbocycles. The summed E-state index contributed by atoms with van der Waals surface area (Å²) < 4.78 is 36.7. The summed E-state index contributed by atoms with van der Waals surface area (Å²) in [6, 6.07) is 9.65. The van der Waals surface area contributed by atoms with Crippen molar-refractivity contribution in [3.8, 4) is 0 Å². The maximum absolute atomic E-state index is 12.4. The normalized spacial score (nSPS) is 16.8. The molecule has 0 unspecified atom stereocenters. The van der Waals surface area contributed by atoms with Crippen LogP contribution in [-0.4, -0.2) is 49.0 Å². The first-order valence-corrected chi connectivity index (χ1v) is 9.20. The molecular formula is C15H16N4O4S. The smallest absolute Gasteiger partial charge is 0.298 e. The Morgan fingerprint density at radius 2 is 1.88 bits per heavy atom. The Morgan fingerprint density at radius 1 is 1.08 bits per heavy atom. The third kappa shape index (κ3) is 2.87. The molecular weight excluding hydrogens is 332 g/mol. The molecule has 9 heteroatoms. The molecule has 0 bridgehead atoms. The fourth-order valence-electron chi connectivity index (χ4n) is 2.74. The highest BCUT2D eigenvalue weighted by molar-refractivity contribution is 7.88. The highest BCUT2D eigenvalue weighted by Crippen LogP contribution is 2.23. The van der Waals surface area contributed by atoms with E-state index in [0.717, 1.165) is 11.1 Å². The summed E-state index contributed by atoms with van der Waals surface area (Å²) in [7, 11) is -3.40. The van der Waals surface area contributed by atoms with E-state index in [-0.39, 0.29) is 5.75 Å². The molecule has 0 spiro atoms. The summed E-state index contributed by atoms with van der Waals surface area (Å²) in [5, 5.41) is 3.67. The molecule has 1 saturated heterocycles. The largest absolute Gasteiger partial charge is 0.423 e. The van der Waals surface area contributed by atoms with E-state index in [1.807, 2.05) is 29.2 Å². The van der Waals surface area contributed by atoms with Crippen LogP contribution in [0.1, 0.15) is 5.69 Å². The van der Waals surface area contributed by atoms with Gasteiger partial charge in [-0.1, -0.05) is 17.3 Å². The van der Waals surface area contributed by atoms with Crippen LogP contribution in [0.15, 0.2) is 45.5 Å². The molecule has 1 fully saturated rings. The number of benzene rings is 1. The van der Waals surface area contributed by atoms with Crippen molar-refractivity contribution in [2.45, 2.75) is 5.75 Å². The standard InChI is InChI=1S/C15H16N4O4S/c20-24(21,11-12-5-10-22-17-12)19-8-6-18(7-9-19)15-16-13-3-1-2-4-14(13)23-15/h1-5,10H,6-9,11H2. The molecule has 24 heavy (non-hydrogen) atoms. The quantitative estimate of drug-likeness (QED) is 0.705. The number of rotatable bonds is 4. The number of anilines is 1. The van der Waals surface area contributed by atoms with Gasteiger partial charge in [-0.25, -0.2) is 8.42 Å². The van der Waals surface area contributed by atoms with E-state index >= 15 is 0 Å². The van der Waals surface area contributed by atoms with E-state index in [1.54, 1.807) is 6.07 Å². The third-order valence-corrected chi connectivity index (χ3v) is 5.82. The predicted molar refractivity (Wildman–Crippen MR) is 86.9 cm³/mol. The number of oxazole rings is 1. The Hall–Kier alpha value is -2.39. The topological polar surface area (TPSA) is 92.7 Å². The maximum atomic E-state index is 12.4. The second-order valence-electron chi connectivity index (χ2n) is 5.60. The number of fused-ring (bicyclic) bond motifs is 1. The first-order valence-electron chi connectivity index (χ1n) is 7.59. The number of nitrogens with zero attached hydrogens (tertiary/aromatic N) is 4. The molecule has 8 nitrogen and oxygen atoms in total. The lowest BCUT2D eigenvalue weighted by Gasteiger charge is -2.32. The Bertz CT molecular complexity index is 894. The van der Waals surface area contributed by atoms with Gasteiger partial charge in [-0.3, -0.25) is 0 Å². The second kappa shape index (κ2) is 5.91. The monoisotopic (exact) mass is 348 g/mol. The summed E-state index contributed by atoms with van der Waals surface area (Å²) in [5.41, 5.74) is 1.94. The van der Waals surface area contributed by atoms with Gasteiger partial charge in [0.15, 0.2) is 5.58 Å². The van der Waals surface area contributed by atoms with Crippen LogP contribution >= 0.6 is 0 Å². The molecule has 0 atom stereocenters. The summed E-state index contributed by atoms with van der Waals surface area (Å²) in [5.74, 6) is -0.146. The number of sulfonamides is 1. The summed E-state index contributed by atoms with van der Waals surface area (Å²) in [6.45, 7) is 1.84. The van der Waals surface area contributed by atoms with Gasteiger partial charge in [-0.2, -0.15) is 9.29 Å². The Balaban J connectivity index is 1.44. The van der Waals surface area contributed by atoms with Gasteiger partial charge in [0.05, 0.1) is 5.69 Å². The van der Waals surface area contributed by atoms with Crippen molar-refractivity contribution in [3.05, 3.63) is 42.3 Å². The third-order valence-electron chi connectivity index (χ3n) is 4.01. The van der Waals surface area contributed by atoms with Gasteiger partial charge in [0.1, 0.15) is 17.5 Å². The first kappa shape index (κ1) is 15.2. The molecule has 1 aliphatic heterocycles. The van der Waals surface area contributed by atoms with Crippen LogP contribution in [-0.2, 0) is 15.8 Å².